The summed E-state index contributed by atoms with van der Waals surface area (Å²) in [5.74, 6) is -0.278. The zero-order valence-electron chi connectivity index (χ0n) is 21.8. The van der Waals surface area contributed by atoms with Gasteiger partial charge in [0.15, 0.2) is 11.5 Å². The minimum absolute atomic E-state index is 0.0961. The van der Waals surface area contributed by atoms with Crippen molar-refractivity contribution in [2.24, 2.45) is 0 Å². The number of ketones is 1. The normalized spacial score (nSPS) is 16.7. The molecule has 0 aromatic heterocycles. The van der Waals surface area contributed by atoms with Gasteiger partial charge in [0.25, 0.3) is 11.7 Å². The summed E-state index contributed by atoms with van der Waals surface area (Å²) in [5, 5.41) is 11.2. The quantitative estimate of drug-likeness (QED) is 0.273. The Morgan fingerprint density at radius 2 is 1.57 bits per heavy atom. The van der Waals surface area contributed by atoms with Gasteiger partial charge in [-0.1, -0.05) is 48.0 Å². The van der Waals surface area contributed by atoms with E-state index in [2.05, 4.69) is 0 Å². The summed E-state index contributed by atoms with van der Waals surface area (Å²) in [4.78, 5) is 30.1. The first-order valence-electron chi connectivity index (χ1n) is 12.1. The highest BCUT2D eigenvalue weighted by Gasteiger charge is 2.45. The first kappa shape index (κ1) is 25.8. The molecular formula is C30H32N2O5. The molecule has 7 heteroatoms. The second-order valence-electron chi connectivity index (χ2n) is 9.28. The van der Waals surface area contributed by atoms with Crippen molar-refractivity contribution < 1.29 is 24.2 Å². The van der Waals surface area contributed by atoms with Crippen LogP contribution in [0.5, 0.6) is 11.5 Å². The minimum atomic E-state index is -0.711. The van der Waals surface area contributed by atoms with E-state index in [0.717, 1.165) is 22.4 Å². The van der Waals surface area contributed by atoms with E-state index < -0.39 is 17.7 Å². The first-order valence-corrected chi connectivity index (χ1v) is 12.1. The number of amides is 1. The molecule has 4 rings (SSSR count). The van der Waals surface area contributed by atoms with Crippen molar-refractivity contribution in [3.63, 3.8) is 0 Å². The number of carbonyl (C=O) groups is 2. The van der Waals surface area contributed by atoms with Crippen LogP contribution in [0.3, 0.4) is 0 Å². The third-order valence-corrected chi connectivity index (χ3v) is 6.68. The molecule has 1 aliphatic rings. The number of carbonyl (C=O) groups excluding carboxylic acids is 2. The average Bonchev–Trinajstić information content (AvgIpc) is 3.16. The molecule has 0 radical (unpaired) electrons. The summed E-state index contributed by atoms with van der Waals surface area (Å²) >= 11 is 0. The van der Waals surface area contributed by atoms with E-state index in [0.29, 0.717) is 23.5 Å². The van der Waals surface area contributed by atoms with Crippen molar-refractivity contribution in [2.75, 3.05) is 39.8 Å². The molecule has 0 unspecified atom stereocenters. The summed E-state index contributed by atoms with van der Waals surface area (Å²) in [6.07, 6.45) is 0.490. The Balaban J connectivity index is 1.75. The number of methoxy groups -OCH3 is 2. The zero-order valence-corrected chi connectivity index (χ0v) is 21.8. The highest BCUT2D eigenvalue weighted by Crippen LogP contribution is 2.40. The van der Waals surface area contributed by atoms with Crippen molar-refractivity contribution >= 4 is 23.1 Å². The van der Waals surface area contributed by atoms with E-state index in [-0.39, 0.29) is 17.9 Å². The molecular weight excluding hydrogens is 468 g/mol. The summed E-state index contributed by atoms with van der Waals surface area (Å²) in [6.45, 7) is 2.23. The smallest absolute Gasteiger partial charge is 0.295 e. The Morgan fingerprint density at radius 1 is 0.919 bits per heavy atom. The molecule has 0 saturated carbocycles. The monoisotopic (exact) mass is 500 g/mol. The van der Waals surface area contributed by atoms with Crippen LogP contribution in [0.2, 0.25) is 0 Å². The number of Topliss-reactive ketones (excluding diaryl/α,β-unsaturated/α-hetero) is 1. The number of hydrogen-bond donors (Lipinski definition) is 1. The van der Waals surface area contributed by atoms with Gasteiger partial charge in [-0.2, -0.15) is 0 Å². The van der Waals surface area contributed by atoms with Crippen molar-refractivity contribution in [3.8, 4) is 11.5 Å². The number of aliphatic hydroxyl groups excluding tert-OH is 1. The van der Waals surface area contributed by atoms with Crippen molar-refractivity contribution in [3.05, 3.63) is 94.6 Å². The number of rotatable bonds is 8. The van der Waals surface area contributed by atoms with Crippen LogP contribution in [0.1, 0.15) is 28.3 Å². The fraction of sp³-hybridized carbons (Fsp3) is 0.267. The Kier molecular flexibility index (Phi) is 7.53. The maximum absolute atomic E-state index is 13.3. The largest absolute Gasteiger partial charge is 0.507 e. The number of hydrogen-bond acceptors (Lipinski definition) is 6. The van der Waals surface area contributed by atoms with Crippen LogP contribution in [0.15, 0.2) is 72.3 Å². The molecule has 1 amide bonds. The van der Waals surface area contributed by atoms with Crippen LogP contribution >= 0.6 is 0 Å². The highest BCUT2D eigenvalue weighted by atomic mass is 16.5. The van der Waals surface area contributed by atoms with E-state index in [1.165, 1.54) is 0 Å². The lowest BCUT2D eigenvalue weighted by molar-refractivity contribution is -0.139. The molecule has 3 aromatic rings. The van der Waals surface area contributed by atoms with Gasteiger partial charge >= 0.3 is 0 Å². The Bertz CT molecular complexity index is 1330. The van der Waals surface area contributed by atoms with E-state index in [4.69, 9.17) is 9.47 Å². The lowest BCUT2D eigenvalue weighted by Crippen LogP contribution is -2.31. The van der Waals surface area contributed by atoms with E-state index >= 15 is 0 Å². The first-order chi connectivity index (χ1) is 17.7. The van der Waals surface area contributed by atoms with E-state index in [9.17, 15) is 14.7 Å². The maximum Gasteiger partial charge on any atom is 0.295 e. The molecule has 1 N–H and O–H groups in total. The van der Waals surface area contributed by atoms with Crippen LogP contribution in [0.25, 0.3) is 5.76 Å². The number of aryl methyl sites for hydroxylation is 1. The molecule has 7 nitrogen and oxygen atoms in total. The predicted octanol–water partition coefficient (Wildman–Crippen LogP) is 4.74. The molecule has 3 aromatic carbocycles. The van der Waals surface area contributed by atoms with Gasteiger partial charge < -0.3 is 24.4 Å². The van der Waals surface area contributed by atoms with Crippen molar-refractivity contribution in [1.29, 1.82) is 0 Å². The van der Waals surface area contributed by atoms with Gasteiger partial charge in [-0.25, -0.2) is 0 Å². The fourth-order valence-electron chi connectivity index (χ4n) is 4.56. The summed E-state index contributed by atoms with van der Waals surface area (Å²) in [6, 6.07) is 19.8. The summed E-state index contributed by atoms with van der Waals surface area (Å²) in [5.41, 5.74) is 4.30. The van der Waals surface area contributed by atoms with E-state index in [1.54, 1.807) is 31.3 Å². The molecule has 0 spiro atoms. The Morgan fingerprint density at radius 3 is 2.16 bits per heavy atom. The summed E-state index contributed by atoms with van der Waals surface area (Å²) in [7, 11) is 7.04. The minimum Gasteiger partial charge on any atom is -0.507 e. The van der Waals surface area contributed by atoms with Gasteiger partial charge in [-0.3, -0.25) is 9.59 Å². The van der Waals surface area contributed by atoms with Crippen LogP contribution in [0, 0.1) is 6.92 Å². The van der Waals surface area contributed by atoms with Crippen molar-refractivity contribution in [1.82, 2.24) is 4.90 Å². The zero-order chi connectivity index (χ0) is 26.7. The highest BCUT2D eigenvalue weighted by molar-refractivity contribution is 6.46. The molecule has 192 valence electrons. The number of likely N-dealkylation sites (tertiary alicyclic amines) is 1. The lowest BCUT2D eigenvalue weighted by Gasteiger charge is -2.26. The van der Waals surface area contributed by atoms with Crippen LogP contribution in [-0.4, -0.2) is 56.6 Å². The fourth-order valence-corrected chi connectivity index (χ4v) is 4.56. The number of nitrogens with zero attached hydrogens (tertiary/aromatic N) is 2. The molecule has 1 heterocycles. The number of ether oxygens (including phenoxy) is 2. The molecule has 1 fully saturated rings. The molecule has 1 aliphatic heterocycles. The molecule has 0 aliphatic carbocycles. The third kappa shape index (κ3) is 5.16. The van der Waals surface area contributed by atoms with Crippen LogP contribution < -0.4 is 14.4 Å². The standard InChI is InChI=1S/C30H32N2O5/c1-19-6-9-22(10-7-19)28(33)26-27(21-11-13-23(14-12-21)31(2)3)32(30(35)29(26)34)17-16-20-8-15-24(36-4)25(18-20)37-5/h6-15,18,27,33H,16-17H2,1-5H3/t27-/m0/s1. The Hall–Kier alpha value is -4.26. The van der Waals surface area contributed by atoms with Gasteiger partial charge in [-0.05, 0) is 48.7 Å². The van der Waals surface area contributed by atoms with E-state index in [1.807, 2.05) is 80.5 Å². The average molecular weight is 501 g/mol. The second kappa shape index (κ2) is 10.8. The van der Waals surface area contributed by atoms with Gasteiger partial charge in [0.2, 0.25) is 0 Å². The number of aliphatic hydroxyl groups is 1. The van der Waals surface area contributed by atoms with Gasteiger partial charge in [-0.15, -0.1) is 0 Å². The van der Waals surface area contributed by atoms with Crippen LogP contribution in [-0.2, 0) is 16.0 Å². The van der Waals surface area contributed by atoms with Gasteiger partial charge in [0, 0.05) is 31.9 Å². The number of anilines is 1. The molecule has 1 saturated heterocycles. The SMILES string of the molecule is COc1ccc(CCN2C(=O)C(=O)C(=C(O)c3ccc(C)cc3)[C@@H]2c2ccc(N(C)C)cc2)cc1OC. The molecule has 1 atom stereocenters. The molecule has 37 heavy (non-hydrogen) atoms. The van der Waals surface area contributed by atoms with Crippen molar-refractivity contribution in [2.45, 2.75) is 19.4 Å². The predicted molar refractivity (Wildman–Crippen MR) is 144 cm³/mol. The second-order valence-corrected chi connectivity index (χ2v) is 9.28. The van der Waals surface area contributed by atoms with Gasteiger partial charge in [0.1, 0.15) is 5.76 Å². The van der Waals surface area contributed by atoms with Crippen LogP contribution in [0.4, 0.5) is 5.69 Å². The Labute approximate surface area is 217 Å². The third-order valence-electron chi connectivity index (χ3n) is 6.68. The topological polar surface area (TPSA) is 79.3 Å². The molecule has 0 bridgehead atoms. The summed E-state index contributed by atoms with van der Waals surface area (Å²) < 4.78 is 10.7. The number of benzene rings is 3. The van der Waals surface area contributed by atoms with Gasteiger partial charge in [0.05, 0.1) is 25.8 Å². The lowest BCUT2D eigenvalue weighted by atomic mass is 9.94. The maximum atomic E-state index is 13.3.